The van der Waals surface area contributed by atoms with Crippen LogP contribution in [0.1, 0.15) is 27.6 Å². The van der Waals surface area contributed by atoms with E-state index in [-0.39, 0.29) is 56.1 Å². The van der Waals surface area contributed by atoms with E-state index in [0.29, 0.717) is 43.2 Å². The number of halogens is 1. The van der Waals surface area contributed by atoms with Crippen LogP contribution in [-0.2, 0) is 25.5 Å². The predicted molar refractivity (Wildman–Crippen MR) is 127 cm³/mol. The first kappa shape index (κ1) is 27.0. The van der Waals surface area contributed by atoms with Crippen LogP contribution in [0.2, 0.25) is 0 Å². The first-order valence-corrected chi connectivity index (χ1v) is 10.7. The van der Waals surface area contributed by atoms with Gasteiger partial charge < -0.3 is 24.1 Å². The molecule has 1 N–H and O–H groups in total. The number of pyridine rings is 1. The molecule has 2 aromatic rings. The molecule has 1 aromatic carbocycles. The van der Waals surface area contributed by atoms with Crippen molar-refractivity contribution in [1.29, 1.82) is 0 Å². The number of aromatic nitrogens is 1. The van der Waals surface area contributed by atoms with Crippen LogP contribution in [0.15, 0.2) is 47.4 Å². The van der Waals surface area contributed by atoms with E-state index in [4.69, 9.17) is 14.2 Å². The number of carbonyl (C=O) groups is 3. The second-order valence-corrected chi connectivity index (χ2v) is 7.15. The Morgan fingerprint density at radius 3 is 2.21 bits per heavy atom. The summed E-state index contributed by atoms with van der Waals surface area (Å²) in [5, 5.41) is 3.12. The number of fused-ring (bicyclic) bond motifs is 1. The van der Waals surface area contributed by atoms with Crippen molar-refractivity contribution in [3.8, 4) is 0 Å². The summed E-state index contributed by atoms with van der Waals surface area (Å²) in [6, 6.07) is 9.77. The second kappa shape index (κ2) is 13.5. The van der Waals surface area contributed by atoms with E-state index in [1.807, 2.05) is 0 Å². The van der Waals surface area contributed by atoms with Crippen molar-refractivity contribution in [2.24, 2.45) is 0 Å². The van der Waals surface area contributed by atoms with Gasteiger partial charge in [0.15, 0.2) is 0 Å². The van der Waals surface area contributed by atoms with Gasteiger partial charge in [0.1, 0.15) is 6.54 Å². The Kier molecular flexibility index (Phi) is 10.7. The topological polar surface area (TPSA) is 116 Å². The molecule has 2 heterocycles. The zero-order valence-corrected chi connectivity index (χ0v) is 19.7. The molecule has 0 saturated heterocycles. The summed E-state index contributed by atoms with van der Waals surface area (Å²) in [6.45, 7) is 3.82. The van der Waals surface area contributed by atoms with Gasteiger partial charge in [-0.15, -0.1) is 12.4 Å². The molecule has 0 radical (unpaired) electrons. The maximum atomic E-state index is 12.3. The third kappa shape index (κ3) is 7.14. The fourth-order valence-corrected chi connectivity index (χ4v) is 3.29. The van der Waals surface area contributed by atoms with Gasteiger partial charge in [0.2, 0.25) is 0 Å². The summed E-state index contributed by atoms with van der Waals surface area (Å²) < 4.78 is 17.1. The van der Waals surface area contributed by atoms with E-state index in [1.165, 1.54) is 15.5 Å². The first-order valence-electron chi connectivity index (χ1n) is 10.7. The zero-order valence-electron chi connectivity index (χ0n) is 18.9. The maximum Gasteiger partial charge on any atom is 0.326 e. The lowest BCUT2D eigenvalue weighted by Crippen LogP contribution is -2.33. The first-order chi connectivity index (χ1) is 16.0. The van der Waals surface area contributed by atoms with Crippen LogP contribution in [0, 0.1) is 0 Å². The number of nitrogens with one attached hydrogen (secondary N) is 1. The zero-order chi connectivity index (χ0) is 23.6. The van der Waals surface area contributed by atoms with E-state index >= 15 is 0 Å². The van der Waals surface area contributed by atoms with Gasteiger partial charge in [-0.3, -0.25) is 24.1 Å². The molecule has 0 fully saturated rings. The number of benzene rings is 1. The molecule has 1 aliphatic rings. The molecule has 0 atom stereocenters. The van der Waals surface area contributed by atoms with Crippen LogP contribution >= 0.6 is 12.4 Å². The Labute approximate surface area is 203 Å². The Balaban J connectivity index is 0.00000408. The molecular weight excluding hydrogens is 466 g/mol. The number of esters is 1. The number of ether oxygens (including phenoxy) is 3. The Morgan fingerprint density at radius 2 is 1.56 bits per heavy atom. The fraction of sp³-hybridized carbons (Fsp3) is 0.391. The van der Waals surface area contributed by atoms with Crippen LogP contribution in [0.4, 0.5) is 5.69 Å². The molecule has 2 amide bonds. The molecule has 0 bridgehead atoms. The van der Waals surface area contributed by atoms with Gasteiger partial charge in [-0.2, -0.15) is 0 Å². The van der Waals surface area contributed by atoms with Crippen LogP contribution in [0.25, 0.3) is 0 Å². The highest BCUT2D eigenvalue weighted by Crippen LogP contribution is 2.21. The molecule has 0 saturated carbocycles. The van der Waals surface area contributed by atoms with Gasteiger partial charge in [-0.1, -0.05) is 12.1 Å². The number of amides is 2. The third-order valence-corrected chi connectivity index (χ3v) is 4.87. The lowest BCUT2D eigenvalue weighted by atomic mass is 10.1. The van der Waals surface area contributed by atoms with Gasteiger partial charge in [-0.25, -0.2) is 0 Å². The van der Waals surface area contributed by atoms with Crippen LogP contribution in [-0.4, -0.2) is 73.4 Å². The number of carbonyl (C=O) groups excluding carboxylic acids is 3. The highest BCUT2D eigenvalue weighted by atomic mass is 35.5. The van der Waals surface area contributed by atoms with E-state index in [0.717, 1.165) is 0 Å². The molecule has 0 unspecified atom stereocenters. The third-order valence-electron chi connectivity index (χ3n) is 4.87. The minimum Gasteiger partial charge on any atom is -0.465 e. The summed E-state index contributed by atoms with van der Waals surface area (Å²) >= 11 is 0. The normalized spacial score (nSPS) is 12.3. The minimum atomic E-state index is -0.469. The average Bonchev–Trinajstić information content (AvgIpc) is 3.05. The number of rotatable bonds is 13. The molecule has 11 heteroatoms. The van der Waals surface area contributed by atoms with Crippen molar-refractivity contribution in [3.05, 3.63) is 64.1 Å². The highest BCUT2D eigenvalue weighted by Gasteiger charge is 2.34. The Bertz CT molecular complexity index is 1020. The lowest BCUT2D eigenvalue weighted by Gasteiger charge is -2.14. The average molecular weight is 494 g/mol. The van der Waals surface area contributed by atoms with E-state index in [2.05, 4.69) is 5.32 Å². The van der Waals surface area contributed by atoms with E-state index in [1.54, 1.807) is 43.5 Å². The van der Waals surface area contributed by atoms with E-state index < -0.39 is 5.97 Å². The number of anilines is 1. The minimum absolute atomic E-state index is 0. The van der Waals surface area contributed by atoms with Crippen molar-refractivity contribution in [2.45, 2.75) is 13.5 Å². The number of imide groups is 1. The van der Waals surface area contributed by atoms with Crippen molar-refractivity contribution in [3.63, 3.8) is 0 Å². The van der Waals surface area contributed by atoms with Crippen molar-refractivity contribution in [2.75, 3.05) is 51.4 Å². The molecular formula is C23H28ClN3O7. The monoisotopic (exact) mass is 493 g/mol. The van der Waals surface area contributed by atoms with Crippen LogP contribution < -0.4 is 10.9 Å². The van der Waals surface area contributed by atoms with Gasteiger partial charge in [-0.05, 0) is 25.1 Å². The number of hydrogen-bond acceptors (Lipinski definition) is 8. The highest BCUT2D eigenvalue weighted by molar-refractivity contribution is 6.21. The number of hydrogen-bond donors (Lipinski definition) is 1. The second-order valence-electron chi connectivity index (χ2n) is 7.15. The van der Waals surface area contributed by atoms with Crippen molar-refractivity contribution in [1.82, 2.24) is 9.47 Å². The van der Waals surface area contributed by atoms with Crippen LogP contribution in [0.3, 0.4) is 0 Å². The summed E-state index contributed by atoms with van der Waals surface area (Å²) in [5.41, 5.74) is 1.24. The van der Waals surface area contributed by atoms with Crippen LogP contribution in [0.5, 0.6) is 0 Å². The van der Waals surface area contributed by atoms with Gasteiger partial charge in [0.25, 0.3) is 17.4 Å². The Hall–Kier alpha value is -3.21. The Morgan fingerprint density at radius 1 is 0.912 bits per heavy atom. The largest absolute Gasteiger partial charge is 0.465 e. The smallest absolute Gasteiger partial charge is 0.326 e. The van der Waals surface area contributed by atoms with E-state index in [9.17, 15) is 19.2 Å². The SMILES string of the molecule is CCOC(=O)Cn1cc(NCCOCCOCCN2C(=O)c3ccccc3C2=O)ccc1=O.Cl. The fourth-order valence-electron chi connectivity index (χ4n) is 3.29. The number of nitrogens with zero attached hydrogens (tertiary/aromatic N) is 2. The summed E-state index contributed by atoms with van der Waals surface area (Å²) in [4.78, 5) is 49.1. The van der Waals surface area contributed by atoms with Gasteiger partial charge in [0, 0.05) is 18.8 Å². The maximum absolute atomic E-state index is 12.3. The standard InChI is InChI=1S/C23H27N3O7.ClH/c1-2-33-21(28)16-25-15-17(7-8-20(25)27)24-9-11-31-13-14-32-12-10-26-22(29)18-5-3-4-6-19(18)23(26)30;/h3-8,15,24H,2,9-14,16H2,1H3;1H. The van der Waals surface area contributed by atoms with Gasteiger partial charge >= 0.3 is 5.97 Å². The lowest BCUT2D eigenvalue weighted by molar-refractivity contribution is -0.143. The van der Waals surface area contributed by atoms with Crippen molar-refractivity contribution < 1.29 is 28.6 Å². The predicted octanol–water partition coefficient (Wildman–Crippen LogP) is 1.57. The molecule has 34 heavy (non-hydrogen) atoms. The molecule has 1 aliphatic heterocycles. The molecule has 10 nitrogen and oxygen atoms in total. The summed E-state index contributed by atoms with van der Waals surface area (Å²) in [7, 11) is 0. The van der Waals surface area contributed by atoms with Crippen molar-refractivity contribution >= 4 is 35.9 Å². The molecule has 3 rings (SSSR count). The quantitative estimate of drug-likeness (QED) is 0.254. The summed E-state index contributed by atoms with van der Waals surface area (Å²) in [6.07, 6.45) is 1.56. The molecule has 0 spiro atoms. The molecule has 1 aromatic heterocycles. The molecule has 0 aliphatic carbocycles. The van der Waals surface area contributed by atoms with Gasteiger partial charge in [0.05, 0.1) is 56.4 Å². The molecule has 184 valence electrons. The summed E-state index contributed by atoms with van der Waals surface area (Å²) in [5.74, 6) is -1.06.